The van der Waals surface area contributed by atoms with Gasteiger partial charge in [-0.25, -0.2) is 4.79 Å². The maximum absolute atomic E-state index is 11.3. The van der Waals surface area contributed by atoms with Gasteiger partial charge in [-0.1, -0.05) is 19.9 Å². The van der Waals surface area contributed by atoms with Gasteiger partial charge in [-0.3, -0.25) is 0 Å². The first kappa shape index (κ1) is 15.6. The van der Waals surface area contributed by atoms with Gasteiger partial charge in [0.05, 0.1) is 13.2 Å². The summed E-state index contributed by atoms with van der Waals surface area (Å²) in [6.45, 7) is 8.54. The van der Waals surface area contributed by atoms with Crippen LogP contribution in [0.4, 0.5) is 0 Å². The SMILES string of the molecule is C=C(C#N)C(=O)OC(CCC)OCCOCC. The number of carbonyl (C=O) groups excluding carboxylic acids is 1. The first-order chi connectivity index (χ1) is 8.15. The van der Waals surface area contributed by atoms with Crippen LogP contribution in [0.25, 0.3) is 0 Å². The maximum atomic E-state index is 11.3. The van der Waals surface area contributed by atoms with Crippen molar-refractivity contribution in [2.45, 2.75) is 33.0 Å². The summed E-state index contributed by atoms with van der Waals surface area (Å²) in [6, 6.07) is 1.64. The van der Waals surface area contributed by atoms with Gasteiger partial charge in [-0.05, 0) is 6.92 Å². The molecule has 1 atom stereocenters. The number of nitriles is 1. The van der Waals surface area contributed by atoms with Crippen LogP contribution in [0, 0.1) is 11.3 Å². The summed E-state index contributed by atoms with van der Waals surface area (Å²) >= 11 is 0. The predicted molar refractivity (Wildman–Crippen MR) is 62.0 cm³/mol. The average Bonchev–Trinajstić information content (AvgIpc) is 2.33. The lowest BCUT2D eigenvalue weighted by Gasteiger charge is -2.17. The molecule has 0 aliphatic carbocycles. The fraction of sp³-hybridized carbons (Fsp3) is 0.667. The summed E-state index contributed by atoms with van der Waals surface area (Å²) in [7, 11) is 0. The summed E-state index contributed by atoms with van der Waals surface area (Å²) in [4.78, 5) is 11.3. The zero-order valence-electron chi connectivity index (χ0n) is 10.4. The van der Waals surface area contributed by atoms with E-state index in [4.69, 9.17) is 19.5 Å². The van der Waals surface area contributed by atoms with E-state index in [-0.39, 0.29) is 5.57 Å². The summed E-state index contributed by atoms with van der Waals surface area (Å²) in [5.74, 6) is -0.734. The van der Waals surface area contributed by atoms with Gasteiger partial charge in [-0.2, -0.15) is 5.26 Å². The van der Waals surface area contributed by atoms with Crippen molar-refractivity contribution in [1.29, 1.82) is 5.26 Å². The van der Waals surface area contributed by atoms with E-state index in [1.807, 2.05) is 13.8 Å². The molecule has 5 heteroatoms. The van der Waals surface area contributed by atoms with Gasteiger partial charge < -0.3 is 14.2 Å². The molecule has 0 aliphatic heterocycles. The molecule has 0 heterocycles. The van der Waals surface area contributed by atoms with Crippen molar-refractivity contribution in [3.63, 3.8) is 0 Å². The quantitative estimate of drug-likeness (QED) is 0.202. The molecular weight excluding hydrogens is 222 g/mol. The van der Waals surface area contributed by atoms with Crippen molar-refractivity contribution in [3.05, 3.63) is 12.2 Å². The number of hydrogen-bond donors (Lipinski definition) is 0. The Hall–Kier alpha value is -1.38. The van der Waals surface area contributed by atoms with Crippen molar-refractivity contribution in [2.75, 3.05) is 19.8 Å². The fourth-order valence-corrected chi connectivity index (χ4v) is 1.03. The third-order valence-electron chi connectivity index (χ3n) is 1.88. The normalized spacial score (nSPS) is 11.6. The van der Waals surface area contributed by atoms with Gasteiger partial charge in [0.25, 0.3) is 0 Å². The molecule has 0 spiro atoms. The molecule has 17 heavy (non-hydrogen) atoms. The lowest BCUT2D eigenvalue weighted by molar-refractivity contribution is -0.177. The molecule has 1 unspecified atom stereocenters. The van der Waals surface area contributed by atoms with E-state index < -0.39 is 12.3 Å². The Balaban J connectivity index is 4.01. The molecule has 0 bridgehead atoms. The van der Waals surface area contributed by atoms with E-state index in [0.717, 1.165) is 6.42 Å². The second-order valence-electron chi connectivity index (χ2n) is 3.28. The molecule has 0 aromatic heterocycles. The summed E-state index contributed by atoms with van der Waals surface area (Å²) in [5.41, 5.74) is -0.223. The zero-order valence-corrected chi connectivity index (χ0v) is 10.4. The zero-order chi connectivity index (χ0) is 13.1. The summed E-state index contributed by atoms with van der Waals surface area (Å²) in [6.07, 6.45) is 0.750. The molecule has 0 saturated carbocycles. The Morgan fingerprint density at radius 2 is 2.12 bits per heavy atom. The van der Waals surface area contributed by atoms with Gasteiger partial charge in [0.2, 0.25) is 6.29 Å². The minimum atomic E-state index is -0.734. The Morgan fingerprint density at radius 3 is 2.65 bits per heavy atom. The van der Waals surface area contributed by atoms with Gasteiger partial charge >= 0.3 is 5.97 Å². The van der Waals surface area contributed by atoms with Crippen molar-refractivity contribution in [1.82, 2.24) is 0 Å². The van der Waals surface area contributed by atoms with Crippen molar-refractivity contribution < 1.29 is 19.0 Å². The lowest BCUT2D eigenvalue weighted by Crippen LogP contribution is -2.23. The van der Waals surface area contributed by atoms with Gasteiger partial charge in [0.15, 0.2) is 0 Å². The molecule has 0 fully saturated rings. The van der Waals surface area contributed by atoms with Crippen LogP contribution in [0.5, 0.6) is 0 Å². The minimum Gasteiger partial charge on any atom is -0.432 e. The third kappa shape index (κ3) is 7.50. The Morgan fingerprint density at radius 1 is 1.41 bits per heavy atom. The Bertz CT molecular complexity index is 283. The van der Waals surface area contributed by atoms with Gasteiger partial charge in [-0.15, -0.1) is 0 Å². The molecule has 96 valence electrons. The van der Waals surface area contributed by atoms with Gasteiger partial charge in [0, 0.05) is 13.0 Å². The highest BCUT2D eigenvalue weighted by molar-refractivity contribution is 5.91. The summed E-state index contributed by atoms with van der Waals surface area (Å²) in [5, 5.41) is 8.48. The Labute approximate surface area is 102 Å². The van der Waals surface area contributed by atoms with Crippen LogP contribution in [-0.4, -0.2) is 32.1 Å². The van der Waals surface area contributed by atoms with Gasteiger partial charge in [0.1, 0.15) is 11.6 Å². The van der Waals surface area contributed by atoms with E-state index in [1.165, 1.54) is 0 Å². The highest BCUT2D eigenvalue weighted by Crippen LogP contribution is 2.07. The lowest BCUT2D eigenvalue weighted by atomic mass is 10.3. The van der Waals surface area contributed by atoms with Crippen molar-refractivity contribution in [3.8, 4) is 6.07 Å². The molecule has 0 aliphatic rings. The van der Waals surface area contributed by atoms with E-state index >= 15 is 0 Å². The van der Waals surface area contributed by atoms with E-state index in [1.54, 1.807) is 6.07 Å². The molecule has 0 amide bonds. The predicted octanol–water partition coefficient (Wildman–Crippen LogP) is 1.79. The highest BCUT2D eigenvalue weighted by Gasteiger charge is 2.16. The first-order valence-electron chi connectivity index (χ1n) is 5.65. The van der Waals surface area contributed by atoms with Crippen LogP contribution in [0.15, 0.2) is 12.2 Å². The highest BCUT2D eigenvalue weighted by atomic mass is 16.7. The third-order valence-corrected chi connectivity index (χ3v) is 1.88. The molecule has 0 radical (unpaired) electrons. The van der Waals surface area contributed by atoms with E-state index in [2.05, 4.69) is 6.58 Å². The van der Waals surface area contributed by atoms with Crippen LogP contribution in [0.2, 0.25) is 0 Å². The van der Waals surface area contributed by atoms with Crippen LogP contribution in [0.1, 0.15) is 26.7 Å². The number of rotatable bonds is 9. The molecule has 0 aromatic carbocycles. The van der Waals surface area contributed by atoms with E-state index in [0.29, 0.717) is 26.2 Å². The minimum absolute atomic E-state index is 0.223. The standard InChI is InChI=1S/C12H19NO4/c1-4-6-11(16-8-7-15-5-2)17-12(14)10(3)9-13/h11H,3-8H2,1-2H3. The molecule has 0 N–H and O–H groups in total. The number of nitrogens with zero attached hydrogens (tertiary/aromatic N) is 1. The molecular formula is C12H19NO4. The van der Waals surface area contributed by atoms with E-state index in [9.17, 15) is 4.79 Å². The number of esters is 1. The monoisotopic (exact) mass is 241 g/mol. The smallest absolute Gasteiger partial charge is 0.350 e. The maximum Gasteiger partial charge on any atom is 0.350 e. The second kappa shape index (κ2) is 9.82. The molecule has 5 nitrogen and oxygen atoms in total. The molecule has 0 rings (SSSR count). The number of hydrogen-bond acceptors (Lipinski definition) is 5. The molecule has 0 saturated heterocycles. The fourth-order valence-electron chi connectivity index (χ4n) is 1.03. The first-order valence-corrected chi connectivity index (χ1v) is 5.65. The van der Waals surface area contributed by atoms with Crippen molar-refractivity contribution >= 4 is 5.97 Å². The Kier molecular flexibility index (Phi) is 9.02. The number of carbonyl (C=O) groups is 1. The van der Waals surface area contributed by atoms with Crippen LogP contribution >= 0.6 is 0 Å². The second-order valence-corrected chi connectivity index (χ2v) is 3.28. The number of ether oxygens (including phenoxy) is 3. The average molecular weight is 241 g/mol. The van der Waals surface area contributed by atoms with Crippen LogP contribution in [-0.2, 0) is 19.0 Å². The van der Waals surface area contributed by atoms with Crippen molar-refractivity contribution in [2.24, 2.45) is 0 Å². The summed E-state index contributed by atoms with van der Waals surface area (Å²) < 4.78 is 15.4. The largest absolute Gasteiger partial charge is 0.432 e. The topological polar surface area (TPSA) is 68.6 Å². The van der Waals surface area contributed by atoms with Crippen LogP contribution < -0.4 is 0 Å². The van der Waals surface area contributed by atoms with Crippen LogP contribution in [0.3, 0.4) is 0 Å². The molecule has 0 aromatic rings.